The van der Waals surface area contributed by atoms with Gasteiger partial charge in [-0.15, -0.1) is 11.3 Å². The summed E-state index contributed by atoms with van der Waals surface area (Å²) in [7, 11) is 0. The predicted molar refractivity (Wildman–Crippen MR) is 39.1 cm³/mol. The monoisotopic (exact) mass is 234 g/mol. The lowest BCUT2D eigenvalue weighted by Gasteiger charge is -2.07. The summed E-state index contributed by atoms with van der Waals surface area (Å²) in [6, 6.07) is 0. The van der Waals surface area contributed by atoms with E-state index in [-0.39, 0.29) is 11.3 Å². The third-order valence-electron chi connectivity index (χ3n) is 1.60. The van der Waals surface area contributed by atoms with Crippen molar-refractivity contribution in [3.05, 3.63) is 21.4 Å². The summed E-state index contributed by atoms with van der Waals surface area (Å²) in [6.07, 6.45) is -9.43. The number of rotatable bonds is 0. The van der Waals surface area contributed by atoms with E-state index in [9.17, 15) is 26.3 Å². The fourth-order valence-corrected chi connectivity index (χ4v) is 1.94. The summed E-state index contributed by atoms with van der Waals surface area (Å²) in [4.78, 5) is -1.19. The van der Waals surface area contributed by atoms with E-state index >= 15 is 0 Å². The normalized spacial score (nSPS) is 13.4. The van der Waals surface area contributed by atoms with Crippen LogP contribution in [0.25, 0.3) is 0 Å². The van der Waals surface area contributed by atoms with Crippen molar-refractivity contribution in [2.75, 3.05) is 0 Å². The van der Waals surface area contributed by atoms with E-state index in [1.54, 1.807) is 0 Å². The molecule has 0 saturated heterocycles. The molecule has 0 N–H and O–H groups in total. The van der Waals surface area contributed by atoms with Crippen LogP contribution in [0.2, 0.25) is 0 Å². The standard InChI is InChI=1S/C7H4F6S/c1-3-4(6(8,9)10)2-14-5(3)7(11,12)13/h2H,1H3. The Morgan fingerprint density at radius 1 is 1.00 bits per heavy atom. The highest BCUT2D eigenvalue weighted by atomic mass is 32.1. The average molecular weight is 234 g/mol. The van der Waals surface area contributed by atoms with Crippen molar-refractivity contribution in [1.29, 1.82) is 0 Å². The summed E-state index contributed by atoms with van der Waals surface area (Å²) in [6.45, 7) is 0.822. The van der Waals surface area contributed by atoms with Gasteiger partial charge in [-0.05, 0) is 12.5 Å². The van der Waals surface area contributed by atoms with Crippen molar-refractivity contribution in [3.63, 3.8) is 0 Å². The van der Waals surface area contributed by atoms with Gasteiger partial charge < -0.3 is 0 Å². The number of hydrogen-bond donors (Lipinski definition) is 0. The first-order valence-electron chi connectivity index (χ1n) is 3.36. The maximum atomic E-state index is 12.1. The summed E-state index contributed by atoms with van der Waals surface area (Å²) in [5.74, 6) is 0. The molecule has 7 heteroatoms. The first kappa shape index (κ1) is 11.4. The second-order valence-corrected chi connectivity index (χ2v) is 3.48. The van der Waals surface area contributed by atoms with Gasteiger partial charge in [0, 0.05) is 5.38 Å². The van der Waals surface area contributed by atoms with Crippen LogP contribution in [0, 0.1) is 6.92 Å². The van der Waals surface area contributed by atoms with Crippen molar-refractivity contribution in [1.82, 2.24) is 0 Å². The van der Waals surface area contributed by atoms with Crippen molar-refractivity contribution in [2.24, 2.45) is 0 Å². The highest BCUT2D eigenvalue weighted by Gasteiger charge is 2.41. The van der Waals surface area contributed by atoms with Gasteiger partial charge in [-0.1, -0.05) is 0 Å². The zero-order valence-corrected chi connectivity index (χ0v) is 7.57. The average Bonchev–Trinajstić information content (AvgIpc) is 2.26. The van der Waals surface area contributed by atoms with Crippen LogP contribution in [0.1, 0.15) is 16.0 Å². The molecule has 14 heavy (non-hydrogen) atoms. The second kappa shape index (κ2) is 3.15. The van der Waals surface area contributed by atoms with E-state index in [1.807, 2.05) is 0 Å². The van der Waals surface area contributed by atoms with Crippen LogP contribution in [0.4, 0.5) is 26.3 Å². The lowest BCUT2D eigenvalue weighted by molar-refractivity contribution is -0.141. The molecule has 1 rings (SSSR count). The molecule has 1 aromatic heterocycles. The molecule has 0 aromatic carbocycles. The van der Waals surface area contributed by atoms with Crippen molar-refractivity contribution in [2.45, 2.75) is 19.3 Å². The Hall–Kier alpha value is -0.720. The third kappa shape index (κ3) is 2.02. The summed E-state index contributed by atoms with van der Waals surface area (Å²) in [5.41, 5.74) is -1.97. The molecule has 0 atom stereocenters. The topological polar surface area (TPSA) is 0 Å². The van der Waals surface area contributed by atoms with Crippen LogP contribution in [-0.2, 0) is 12.4 Å². The molecule has 1 aromatic rings. The predicted octanol–water partition coefficient (Wildman–Crippen LogP) is 4.09. The van der Waals surface area contributed by atoms with Gasteiger partial charge in [0.25, 0.3) is 0 Å². The van der Waals surface area contributed by atoms with Gasteiger partial charge in [0.15, 0.2) is 0 Å². The van der Waals surface area contributed by atoms with Crippen molar-refractivity contribution >= 4 is 11.3 Å². The highest BCUT2D eigenvalue weighted by Crippen LogP contribution is 2.42. The molecule has 0 unspecified atom stereocenters. The molecule has 80 valence electrons. The molecule has 0 aliphatic carbocycles. The second-order valence-electron chi connectivity index (χ2n) is 2.60. The van der Waals surface area contributed by atoms with Crippen LogP contribution in [0.5, 0.6) is 0 Å². The Morgan fingerprint density at radius 3 is 1.71 bits per heavy atom. The number of alkyl halides is 6. The minimum absolute atomic E-state index is 0.0650. The Morgan fingerprint density at radius 2 is 1.50 bits per heavy atom. The highest BCUT2D eigenvalue weighted by molar-refractivity contribution is 7.10. The Balaban J connectivity index is 3.23. The minimum atomic E-state index is -4.72. The smallest absolute Gasteiger partial charge is 0.166 e. The Bertz CT molecular complexity index is 299. The molecule has 0 spiro atoms. The molecule has 0 bridgehead atoms. The van der Waals surface area contributed by atoms with E-state index in [0.29, 0.717) is 5.38 Å². The number of thiophene rings is 1. The van der Waals surface area contributed by atoms with Gasteiger partial charge in [0.05, 0.1) is 5.56 Å². The molecule has 0 aliphatic rings. The van der Waals surface area contributed by atoms with Gasteiger partial charge in [0.2, 0.25) is 0 Å². The molecule has 0 nitrogen and oxygen atoms in total. The van der Waals surface area contributed by atoms with E-state index in [1.165, 1.54) is 0 Å². The summed E-state index contributed by atoms with van der Waals surface area (Å²) >= 11 is 0.0650. The molecule has 0 radical (unpaired) electrons. The third-order valence-corrected chi connectivity index (χ3v) is 2.73. The van der Waals surface area contributed by atoms with Crippen LogP contribution in [-0.4, -0.2) is 0 Å². The van der Waals surface area contributed by atoms with E-state index in [2.05, 4.69) is 0 Å². The summed E-state index contributed by atoms with van der Waals surface area (Å²) in [5, 5.41) is 0.484. The fraction of sp³-hybridized carbons (Fsp3) is 0.429. The largest absolute Gasteiger partial charge is 0.425 e. The minimum Gasteiger partial charge on any atom is -0.166 e. The number of hydrogen-bond acceptors (Lipinski definition) is 1. The first-order valence-corrected chi connectivity index (χ1v) is 4.24. The molecule has 1 heterocycles. The van der Waals surface area contributed by atoms with Crippen molar-refractivity contribution in [3.8, 4) is 0 Å². The van der Waals surface area contributed by atoms with Crippen LogP contribution in [0.15, 0.2) is 5.38 Å². The van der Waals surface area contributed by atoms with Crippen LogP contribution < -0.4 is 0 Å². The molecule has 0 fully saturated rings. The van der Waals surface area contributed by atoms with E-state index in [4.69, 9.17) is 0 Å². The molecule has 0 amide bonds. The zero-order chi connectivity index (χ0) is 11.1. The maximum Gasteiger partial charge on any atom is 0.425 e. The van der Waals surface area contributed by atoms with Gasteiger partial charge in [-0.25, -0.2) is 0 Å². The van der Waals surface area contributed by atoms with Crippen LogP contribution in [0.3, 0.4) is 0 Å². The zero-order valence-electron chi connectivity index (χ0n) is 6.75. The Kier molecular flexibility index (Phi) is 2.55. The fourth-order valence-electron chi connectivity index (χ4n) is 0.976. The molecule has 0 aliphatic heterocycles. The summed E-state index contributed by atoms with van der Waals surface area (Å²) < 4.78 is 72.5. The molecular weight excluding hydrogens is 230 g/mol. The molecule has 0 saturated carbocycles. The number of halogens is 6. The van der Waals surface area contributed by atoms with E-state index in [0.717, 1.165) is 6.92 Å². The lowest BCUT2D eigenvalue weighted by atomic mass is 10.1. The maximum absolute atomic E-state index is 12.1. The van der Waals surface area contributed by atoms with Crippen LogP contribution >= 0.6 is 11.3 Å². The van der Waals surface area contributed by atoms with Gasteiger partial charge >= 0.3 is 12.4 Å². The van der Waals surface area contributed by atoms with E-state index < -0.39 is 28.4 Å². The van der Waals surface area contributed by atoms with Gasteiger partial charge in [-0.2, -0.15) is 26.3 Å². The SMILES string of the molecule is Cc1c(C(F)(F)F)csc1C(F)(F)F. The van der Waals surface area contributed by atoms with Gasteiger partial charge in [0.1, 0.15) is 4.88 Å². The van der Waals surface area contributed by atoms with Crippen molar-refractivity contribution < 1.29 is 26.3 Å². The Labute approximate surface area is 79.2 Å². The molecular formula is C7H4F6S. The van der Waals surface area contributed by atoms with Gasteiger partial charge in [-0.3, -0.25) is 0 Å². The first-order chi connectivity index (χ1) is 6.14. The lowest BCUT2D eigenvalue weighted by Crippen LogP contribution is -2.09. The quantitative estimate of drug-likeness (QED) is 0.593.